The number of hydrogen-bond acceptors (Lipinski definition) is 6. The van der Waals surface area contributed by atoms with Gasteiger partial charge in [-0.3, -0.25) is 9.36 Å². The lowest BCUT2D eigenvalue weighted by Gasteiger charge is -2.12. The standard InChI is InChI=1S/C24H30N4O3S/c1-4-5-15-25-22(29)10-7-16-32-24-27-26-23(18-8-6-9-21(17-18)31-3)28(24)19-11-13-20(30-2)14-12-19/h6,8-9,11-14,17H,4-5,7,10,15-16H2,1-3H3,(H,25,29). The summed E-state index contributed by atoms with van der Waals surface area (Å²) in [6.45, 7) is 2.86. The van der Waals surface area contributed by atoms with Crippen LogP contribution in [0.4, 0.5) is 0 Å². The lowest BCUT2D eigenvalue weighted by atomic mass is 10.2. The normalized spacial score (nSPS) is 10.7. The van der Waals surface area contributed by atoms with Crippen molar-refractivity contribution in [2.75, 3.05) is 26.5 Å². The highest BCUT2D eigenvalue weighted by molar-refractivity contribution is 7.99. The molecular formula is C24H30N4O3S. The largest absolute Gasteiger partial charge is 0.497 e. The Kier molecular flexibility index (Phi) is 8.98. The topological polar surface area (TPSA) is 78.3 Å². The number of carbonyl (C=O) groups is 1. The summed E-state index contributed by atoms with van der Waals surface area (Å²) >= 11 is 1.59. The summed E-state index contributed by atoms with van der Waals surface area (Å²) in [4.78, 5) is 12.0. The van der Waals surface area contributed by atoms with Gasteiger partial charge in [0.05, 0.1) is 14.2 Å². The molecule has 1 heterocycles. The molecule has 0 aliphatic heterocycles. The minimum absolute atomic E-state index is 0.104. The molecular weight excluding hydrogens is 424 g/mol. The van der Waals surface area contributed by atoms with Crippen LogP contribution in [0, 0.1) is 0 Å². The van der Waals surface area contributed by atoms with E-state index >= 15 is 0 Å². The molecule has 3 rings (SSSR count). The summed E-state index contributed by atoms with van der Waals surface area (Å²) in [6, 6.07) is 15.6. The van der Waals surface area contributed by atoms with Crippen LogP contribution in [0.1, 0.15) is 32.6 Å². The predicted molar refractivity (Wildman–Crippen MR) is 128 cm³/mol. The van der Waals surface area contributed by atoms with Crippen LogP contribution in [0.2, 0.25) is 0 Å². The Morgan fingerprint density at radius 3 is 2.53 bits per heavy atom. The molecule has 2 aromatic carbocycles. The fourth-order valence-corrected chi connectivity index (χ4v) is 4.06. The van der Waals surface area contributed by atoms with Crippen molar-refractivity contribution in [2.45, 2.75) is 37.8 Å². The van der Waals surface area contributed by atoms with Crippen molar-refractivity contribution in [3.8, 4) is 28.6 Å². The highest BCUT2D eigenvalue weighted by Gasteiger charge is 2.17. The van der Waals surface area contributed by atoms with Crippen LogP contribution in [-0.4, -0.2) is 47.2 Å². The Morgan fingerprint density at radius 1 is 1.03 bits per heavy atom. The molecule has 0 aliphatic carbocycles. The number of nitrogens with zero attached hydrogens (tertiary/aromatic N) is 3. The van der Waals surface area contributed by atoms with Gasteiger partial charge in [-0.15, -0.1) is 10.2 Å². The Bertz CT molecular complexity index is 1000. The summed E-state index contributed by atoms with van der Waals surface area (Å²) in [5.41, 5.74) is 1.85. The van der Waals surface area contributed by atoms with Gasteiger partial charge in [-0.25, -0.2) is 0 Å². The first-order chi connectivity index (χ1) is 15.7. The molecule has 0 saturated carbocycles. The van der Waals surface area contributed by atoms with E-state index in [0.717, 1.165) is 65.3 Å². The smallest absolute Gasteiger partial charge is 0.220 e. The fourth-order valence-electron chi connectivity index (χ4n) is 3.17. The lowest BCUT2D eigenvalue weighted by Crippen LogP contribution is -2.24. The van der Waals surface area contributed by atoms with Gasteiger partial charge < -0.3 is 14.8 Å². The quantitative estimate of drug-likeness (QED) is 0.315. The van der Waals surface area contributed by atoms with Crippen molar-refractivity contribution in [3.63, 3.8) is 0 Å². The van der Waals surface area contributed by atoms with Crippen LogP contribution in [0.25, 0.3) is 17.1 Å². The van der Waals surface area contributed by atoms with Crippen molar-refractivity contribution in [1.29, 1.82) is 0 Å². The second-order valence-corrected chi connectivity index (χ2v) is 8.29. The first kappa shape index (κ1) is 23.7. The van der Waals surface area contributed by atoms with E-state index in [4.69, 9.17) is 9.47 Å². The summed E-state index contributed by atoms with van der Waals surface area (Å²) in [5, 5.41) is 12.7. The Hall–Kier alpha value is -3.00. The van der Waals surface area contributed by atoms with Gasteiger partial charge in [-0.2, -0.15) is 0 Å². The van der Waals surface area contributed by atoms with Gasteiger partial charge in [-0.1, -0.05) is 37.2 Å². The first-order valence-corrected chi connectivity index (χ1v) is 11.8. The summed E-state index contributed by atoms with van der Waals surface area (Å²) in [5.74, 6) is 3.15. The molecule has 0 spiro atoms. The second-order valence-electron chi connectivity index (χ2n) is 7.23. The summed E-state index contributed by atoms with van der Waals surface area (Å²) in [7, 11) is 3.29. The number of methoxy groups -OCH3 is 2. The summed E-state index contributed by atoms with van der Waals surface area (Å²) in [6.07, 6.45) is 3.37. The number of carbonyl (C=O) groups excluding carboxylic acids is 1. The van der Waals surface area contributed by atoms with Crippen molar-refractivity contribution in [1.82, 2.24) is 20.1 Å². The number of unbranched alkanes of at least 4 members (excludes halogenated alkanes) is 1. The van der Waals surface area contributed by atoms with E-state index in [1.165, 1.54) is 0 Å². The predicted octanol–water partition coefficient (Wildman–Crippen LogP) is 4.74. The molecule has 1 aromatic heterocycles. The fraction of sp³-hybridized carbons (Fsp3) is 0.375. The van der Waals surface area contributed by atoms with Gasteiger partial charge in [0, 0.05) is 30.0 Å². The third-order valence-electron chi connectivity index (χ3n) is 4.92. The Morgan fingerprint density at radius 2 is 1.81 bits per heavy atom. The molecule has 0 aliphatic rings. The van der Waals surface area contributed by atoms with Crippen LogP contribution in [0.5, 0.6) is 11.5 Å². The maximum absolute atomic E-state index is 12.0. The van der Waals surface area contributed by atoms with Crippen LogP contribution >= 0.6 is 11.8 Å². The zero-order valence-electron chi connectivity index (χ0n) is 18.8. The zero-order chi connectivity index (χ0) is 22.8. The highest BCUT2D eigenvalue weighted by Crippen LogP contribution is 2.30. The van der Waals surface area contributed by atoms with Gasteiger partial charge in [0.2, 0.25) is 5.91 Å². The van der Waals surface area contributed by atoms with Crippen molar-refractivity contribution in [2.24, 2.45) is 0 Å². The van der Waals surface area contributed by atoms with Crippen LogP contribution in [-0.2, 0) is 4.79 Å². The minimum atomic E-state index is 0.104. The molecule has 1 N–H and O–H groups in total. The number of rotatable bonds is 12. The van der Waals surface area contributed by atoms with Crippen LogP contribution in [0.3, 0.4) is 0 Å². The molecule has 170 valence electrons. The number of nitrogens with one attached hydrogen (secondary N) is 1. The first-order valence-electron chi connectivity index (χ1n) is 10.8. The van der Waals surface area contributed by atoms with Gasteiger partial charge in [0.15, 0.2) is 11.0 Å². The average Bonchev–Trinajstić information content (AvgIpc) is 3.26. The summed E-state index contributed by atoms with van der Waals surface area (Å²) < 4.78 is 12.7. The zero-order valence-corrected chi connectivity index (χ0v) is 19.7. The van der Waals surface area contributed by atoms with Gasteiger partial charge in [-0.05, 0) is 49.2 Å². The van der Waals surface area contributed by atoms with E-state index in [0.29, 0.717) is 6.42 Å². The maximum Gasteiger partial charge on any atom is 0.220 e. The van der Waals surface area contributed by atoms with Gasteiger partial charge in [0.1, 0.15) is 11.5 Å². The maximum atomic E-state index is 12.0. The van der Waals surface area contributed by atoms with E-state index in [-0.39, 0.29) is 5.91 Å². The number of ether oxygens (including phenoxy) is 2. The molecule has 1 amide bonds. The van der Waals surface area contributed by atoms with Crippen molar-refractivity contribution < 1.29 is 14.3 Å². The third kappa shape index (κ3) is 6.26. The number of amides is 1. The second kappa shape index (κ2) is 12.1. The van der Waals surface area contributed by atoms with Gasteiger partial charge >= 0.3 is 0 Å². The molecule has 0 bridgehead atoms. The lowest BCUT2D eigenvalue weighted by molar-refractivity contribution is -0.121. The van der Waals surface area contributed by atoms with Crippen molar-refractivity contribution in [3.05, 3.63) is 48.5 Å². The number of aromatic nitrogens is 3. The molecule has 0 saturated heterocycles. The Balaban J connectivity index is 1.78. The molecule has 3 aromatic rings. The van der Waals surface area contributed by atoms with E-state index in [2.05, 4.69) is 22.4 Å². The van der Waals surface area contributed by atoms with Crippen LogP contribution < -0.4 is 14.8 Å². The SMILES string of the molecule is CCCCNC(=O)CCCSc1nnc(-c2cccc(OC)c2)n1-c1ccc(OC)cc1. The minimum Gasteiger partial charge on any atom is -0.497 e. The molecule has 0 radical (unpaired) electrons. The molecule has 32 heavy (non-hydrogen) atoms. The average molecular weight is 455 g/mol. The van der Waals surface area contributed by atoms with E-state index in [1.807, 2.05) is 53.1 Å². The molecule has 0 unspecified atom stereocenters. The number of hydrogen-bond donors (Lipinski definition) is 1. The van der Waals surface area contributed by atoms with Crippen LogP contribution in [0.15, 0.2) is 53.7 Å². The van der Waals surface area contributed by atoms with E-state index < -0.39 is 0 Å². The van der Waals surface area contributed by atoms with E-state index in [1.54, 1.807) is 26.0 Å². The third-order valence-corrected chi connectivity index (χ3v) is 5.94. The monoisotopic (exact) mass is 454 g/mol. The molecule has 8 heteroatoms. The molecule has 0 fully saturated rings. The highest BCUT2D eigenvalue weighted by atomic mass is 32.2. The molecule has 7 nitrogen and oxygen atoms in total. The van der Waals surface area contributed by atoms with Gasteiger partial charge in [0.25, 0.3) is 0 Å². The Labute approximate surface area is 193 Å². The number of benzene rings is 2. The van der Waals surface area contributed by atoms with Crippen molar-refractivity contribution >= 4 is 17.7 Å². The number of thioether (sulfide) groups is 1. The van der Waals surface area contributed by atoms with E-state index in [9.17, 15) is 4.79 Å². The molecule has 0 atom stereocenters.